The van der Waals surface area contributed by atoms with Crippen LogP contribution in [-0.2, 0) is 11.2 Å². The molecule has 0 saturated carbocycles. The van der Waals surface area contributed by atoms with Crippen molar-refractivity contribution in [3.63, 3.8) is 0 Å². The number of benzene rings is 1. The van der Waals surface area contributed by atoms with Crippen molar-refractivity contribution in [1.29, 1.82) is 0 Å². The zero-order valence-electron chi connectivity index (χ0n) is 16.2. The van der Waals surface area contributed by atoms with E-state index in [-0.39, 0.29) is 24.0 Å². The van der Waals surface area contributed by atoms with Crippen molar-refractivity contribution < 1.29 is 4.74 Å². The molecule has 0 amide bonds. The Hall–Kier alpha value is -1.32. The number of ether oxygens (including phenoxy) is 1. The number of guanidine groups is 1. The van der Waals surface area contributed by atoms with Gasteiger partial charge in [0.15, 0.2) is 5.96 Å². The van der Waals surface area contributed by atoms with Crippen LogP contribution >= 0.6 is 24.0 Å². The minimum Gasteiger partial charge on any atom is -0.379 e. The highest BCUT2D eigenvalue weighted by Gasteiger charge is 2.09. The number of nitrogens with one attached hydrogen (secondary N) is 3. The number of morpholine rings is 1. The monoisotopic (exact) mass is 485 g/mol. The zero-order chi connectivity index (χ0) is 18.0. The third-order valence-corrected chi connectivity index (χ3v) is 4.88. The lowest BCUT2D eigenvalue weighted by molar-refractivity contribution is 0.0372. The molecule has 0 unspecified atom stereocenters. The molecule has 1 saturated heterocycles. The molecule has 2 aromatic rings. The summed E-state index contributed by atoms with van der Waals surface area (Å²) in [6.45, 7) is 6.90. The summed E-state index contributed by atoms with van der Waals surface area (Å²) in [5.74, 6) is 0.885. The van der Waals surface area contributed by atoms with Crippen LogP contribution in [0, 0.1) is 0 Å². The molecule has 1 aliphatic rings. The van der Waals surface area contributed by atoms with E-state index in [2.05, 4.69) is 56.0 Å². The van der Waals surface area contributed by atoms with Gasteiger partial charge in [-0.1, -0.05) is 18.2 Å². The second-order valence-electron chi connectivity index (χ2n) is 6.70. The van der Waals surface area contributed by atoms with Crippen molar-refractivity contribution in [2.24, 2.45) is 4.99 Å². The molecule has 1 fully saturated rings. The van der Waals surface area contributed by atoms with E-state index in [1.165, 1.54) is 22.9 Å². The van der Waals surface area contributed by atoms with E-state index in [4.69, 9.17) is 4.74 Å². The van der Waals surface area contributed by atoms with E-state index in [0.717, 1.165) is 64.7 Å². The minimum absolute atomic E-state index is 0. The number of aromatic amines is 1. The van der Waals surface area contributed by atoms with Gasteiger partial charge in [0.25, 0.3) is 0 Å². The second kappa shape index (κ2) is 12.2. The first-order valence-electron chi connectivity index (χ1n) is 9.66. The van der Waals surface area contributed by atoms with E-state index in [9.17, 15) is 0 Å². The number of rotatable bonds is 8. The summed E-state index contributed by atoms with van der Waals surface area (Å²) in [6, 6.07) is 8.43. The molecule has 0 spiro atoms. The average molecular weight is 485 g/mol. The van der Waals surface area contributed by atoms with Gasteiger partial charge < -0.3 is 20.4 Å². The van der Waals surface area contributed by atoms with Gasteiger partial charge in [-0.05, 0) is 37.4 Å². The smallest absolute Gasteiger partial charge is 0.190 e. The largest absolute Gasteiger partial charge is 0.379 e. The maximum Gasteiger partial charge on any atom is 0.190 e. The standard InChI is InChI=1S/C20H31N5O.HI/c1-21-20(22-9-4-5-11-25-12-14-26-15-13-25)23-10-8-17-16-24-19-7-3-2-6-18(17)19;/h2-3,6-7,16,24H,4-5,8-15H2,1H3,(H2,21,22,23);1H. The zero-order valence-corrected chi connectivity index (χ0v) is 18.5. The summed E-state index contributed by atoms with van der Waals surface area (Å²) in [5.41, 5.74) is 2.54. The van der Waals surface area contributed by atoms with E-state index >= 15 is 0 Å². The number of para-hydroxylation sites is 1. The predicted octanol–water partition coefficient (Wildman–Crippen LogP) is 2.61. The number of nitrogens with zero attached hydrogens (tertiary/aromatic N) is 2. The van der Waals surface area contributed by atoms with Crippen LogP contribution in [0.25, 0.3) is 10.9 Å². The molecule has 0 bridgehead atoms. The summed E-state index contributed by atoms with van der Waals surface area (Å²) >= 11 is 0. The van der Waals surface area contributed by atoms with Gasteiger partial charge in [0.1, 0.15) is 0 Å². The van der Waals surface area contributed by atoms with E-state index < -0.39 is 0 Å². The van der Waals surface area contributed by atoms with Gasteiger partial charge in [-0.15, -0.1) is 24.0 Å². The fourth-order valence-electron chi connectivity index (χ4n) is 3.37. The molecule has 0 atom stereocenters. The van der Waals surface area contributed by atoms with Gasteiger partial charge in [0.05, 0.1) is 13.2 Å². The molecule has 3 N–H and O–H groups in total. The molecule has 7 heteroatoms. The number of halogens is 1. The Kier molecular flexibility index (Phi) is 9.93. The number of H-pyrrole nitrogens is 1. The summed E-state index contributed by atoms with van der Waals surface area (Å²) in [6.07, 6.45) is 5.44. The third-order valence-electron chi connectivity index (χ3n) is 4.88. The van der Waals surface area contributed by atoms with E-state index in [0.29, 0.717) is 0 Å². The van der Waals surface area contributed by atoms with Gasteiger partial charge in [-0.3, -0.25) is 9.89 Å². The van der Waals surface area contributed by atoms with Crippen molar-refractivity contribution >= 4 is 40.8 Å². The van der Waals surface area contributed by atoms with Crippen molar-refractivity contribution in [3.8, 4) is 0 Å². The number of aromatic nitrogens is 1. The summed E-state index contributed by atoms with van der Waals surface area (Å²) in [4.78, 5) is 10.1. The quantitative estimate of drug-likeness (QED) is 0.233. The minimum atomic E-state index is 0. The molecule has 0 aliphatic carbocycles. The summed E-state index contributed by atoms with van der Waals surface area (Å²) in [7, 11) is 1.83. The second-order valence-corrected chi connectivity index (χ2v) is 6.70. The van der Waals surface area contributed by atoms with Crippen LogP contribution in [-0.4, -0.2) is 68.8 Å². The molecule has 150 valence electrons. The molecule has 27 heavy (non-hydrogen) atoms. The van der Waals surface area contributed by atoms with Gasteiger partial charge in [0, 0.05) is 50.3 Å². The number of hydrogen-bond acceptors (Lipinski definition) is 3. The van der Waals surface area contributed by atoms with Crippen molar-refractivity contribution in [2.45, 2.75) is 19.3 Å². The van der Waals surface area contributed by atoms with Crippen LogP contribution in [0.2, 0.25) is 0 Å². The van der Waals surface area contributed by atoms with Gasteiger partial charge >= 0.3 is 0 Å². The fourth-order valence-corrected chi connectivity index (χ4v) is 3.37. The van der Waals surface area contributed by atoms with Crippen LogP contribution in [0.4, 0.5) is 0 Å². The van der Waals surface area contributed by atoms with Gasteiger partial charge in [-0.2, -0.15) is 0 Å². The predicted molar refractivity (Wildman–Crippen MR) is 123 cm³/mol. The number of fused-ring (bicyclic) bond motifs is 1. The highest BCUT2D eigenvalue weighted by molar-refractivity contribution is 14.0. The van der Waals surface area contributed by atoms with Crippen LogP contribution in [0.3, 0.4) is 0 Å². The lowest BCUT2D eigenvalue weighted by Crippen LogP contribution is -2.39. The first kappa shape index (κ1) is 22.0. The molecule has 1 aromatic carbocycles. The van der Waals surface area contributed by atoms with E-state index in [1.807, 2.05) is 7.05 Å². The Morgan fingerprint density at radius 1 is 1.15 bits per heavy atom. The summed E-state index contributed by atoms with van der Waals surface area (Å²) in [5, 5.41) is 8.13. The molecular formula is C20H32IN5O. The first-order valence-corrected chi connectivity index (χ1v) is 9.66. The van der Waals surface area contributed by atoms with Gasteiger partial charge in [-0.25, -0.2) is 0 Å². The molecule has 6 nitrogen and oxygen atoms in total. The Morgan fingerprint density at radius 3 is 2.74 bits per heavy atom. The summed E-state index contributed by atoms with van der Waals surface area (Å²) < 4.78 is 5.38. The van der Waals surface area contributed by atoms with E-state index in [1.54, 1.807) is 0 Å². The average Bonchev–Trinajstić information content (AvgIpc) is 3.10. The third kappa shape index (κ3) is 6.97. The molecule has 0 radical (unpaired) electrons. The highest BCUT2D eigenvalue weighted by atomic mass is 127. The SMILES string of the molecule is CN=C(NCCCCN1CCOCC1)NCCc1c[nH]c2ccccc12.I. The first-order chi connectivity index (χ1) is 12.9. The Morgan fingerprint density at radius 2 is 1.93 bits per heavy atom. The molecule has 1 aromatic heterocycles. The Bertz CT molecular complexity index is 696. The number of hydrogen-bond donors (Lipinski definition) is 3. The molecule has 3 rings (SSSR count). The van der Waals surface area contributed by atoms with Crippen LogP contribution in [0.15, 0.2) is 35.5 Å². The van der Waals surface area contributed by atoms with Crippen molar-refractivity contribution in [2.75, 3.05) is 53.0 Å². The van der Waals surface area contributed by atoms with Crippen LogP contribution in [0.5, 0.6) is 0 Å². The van der Waals surface area contributed by atoms with Crippen molar-refractivity contribution in [1.82, 2.24) is 20.5 Å². The highest BCUT2D eigenvalue weighted by Crippen LogP contribution is 2.17. The topological polar surface area (TPSA) is 64.7 Å². The lowest BCUT2D eigenvalue weighted by atomic mass is 10.1. The fraction of sp³-hybridized carbons (Fsp3) is 0.550. The van der Waals surface area contributed by atoms with Crippen LogP contribution < -0.4 is 10.6 Å². The Balaban J connectivity index is 0.00000261. The molecular weight excluding hydrogens is 453 g/mol. The maximum absolute atomic E-state index is 5.38. The van der Waals surface area contributed by atoms with Crippen LogP contribution in [0.1, 0.15) is 18.4 Å². The number of aliphatic imine (C=N–C) groups is 1. The maximum atomic E-state index is 5.38. The van der Waals surface area contributed by atoms with Crippen molar-refractivity contribution in [3.05, 3.63) is 36.0 Å². The molecule has 1 aliphatic heterocycles. The number of unbranched alkanes of at least 4 members (excludes halogenated alkanes) is 1. The molecule has 2 heterocycles. The normalized spacial score (nSPS) is 15.5. The lowest BCUT2D eigenvalue weighted by Gasteiger charge is -2.26. The Labute approximate surface area is 179 Å². The van der Waals surface area contributed by atoms with Gasteiger partial charge in [0.2, 0.25) is 0 Å².